The number of hydrogen-bond acceptors (Lipinski definition) is 5. The molecule has 1 aromatic carbocycles. The number of likely N-dealkylation sites (tertiary alicyclic amines) is 1. The van der Waals surface area contributed by atoms with Crippen LogP contribution in [0.3, 0.4) is 0 Å². The van der Waals surface area contributed by atoms with Crippen LogP contribution in [0.1, 0.15) is 43.7 Å². The molecule has 0 aromatic heterocycles. The van der Waals surface area contributed by atoms with Gasteiger partial charge in [-0.2, -0.15) is 5.26 Å². The van der Waals surface area contributed by atoms with Crippen LogP contribution in [-0.2, 0) is 25.7 Å². The molecule has 3 atom stereocenters. The number of carbonyl (C=O) groups excluding carboxylic acids is 3. The van der Waals surface area contributed by atoms with Crippen molar-refractivity contribution < 1.29 is 19.1 Å². The van der Waals surface area contributed by atoms with E-state index in [1.807, 2.05) is 6.07 Å². The molecule has 0 radical (unpaired) electrons. The van der Waals surface area contributed by atoms with Crippen molar-refractivity contribution in [3.8, 4) is 6.07 Å². The molecule has 0 bridgehead atoms. The largest absolute Gasteiger partial charge is 0.459 e. The zero-order chi connectivity index (χ0) is 18.0. The Hall–Kier alpha value is -2.68. The normalized spacial score (nSPS) is 23.8. The highest BCUT2D eigenvalue weighted by Crippen LogP contribution is 2.38. The standard InChI is InChI=1S/C19H20N2O4/c1-12(19(24)25-11-14-8-6-13(10-20)7-9-14)21-17(22)15-4-2-3-5-16(15)18(21)23/h6-9,12,15-16H,2-5,11H2,1H3/t12-,15?,16?/m0/s1. The van der Waals surface area contributed by atoms with Gasteiger partial charge in [-0.15, -0.1) is 0 Å². The minimum atomic E-state index is -0.913. The molecule has 0 N–H and O–H groups in total. The van der Waals surface area contributed by atoms with Crippen LogP contribution < -0.4 is 0 Å². The highest BCUT2D eigenvalue weighted by atomic mass is 16.5. The molecule has 6 nitrogen and oxygen atoms in total. The van der Waals surface area contributed by atoms with E-state index >= 15 is 0 Å². The first-order valence-corrected chi connectivity index (χ1v) is 8.55. The summed E-state index contributed by atoms with van der Waals surface area (Å²) >= 11 is 0. The van der Waals surface area contributed by atoms with Crippen molar-refractivity contribution in [1.29, 1.82) is 5.26 Å². The Morgan fingerprint density at radius 1 is 1.20 bits per heavy atom. The predicted molar refractivity (Wildman–Crippen MR) is 87.7 cm³/mol. The molecule has 2 unspecified atom stereocenters. The summed E-state index contributed by atoms with van der Waals surface area (Å²) < 4.78 is 5.26. The number of benzene rings is 1. The summed E-state index contributed by atoms with van der Waals surface area (Å²) in [7, 11) is 0. The van der Waals surface area contributed by atoms with Crippen LogP contribution in [0.15, 0.2) is 24.3 Å². The minimum absolute atomic E-state index is 0.0396. The number of fused-ring (bicyclic) bond motifs is 1. The van der Waals surface area contributed by atoms with E-state index in [2.05, 4.69) is 0 Å². The van der Waals surface area contributed by atoms with Gasteiger partial charge in [0.15, 0.2) is 0 Å². The maximum atomic E-state index is 12.5. The number of nitrogens with zero attached hydrogens (tertiary/aromatic N) is 2. The van der Waals surface area contributed by atoms with E-state index < -0.39 is 12.0 Å². The zero-order valence-corrected chi connectivity index (χ0v) is 14.1. The summed E-state index contributed by atoms with van der Waals surface area (Å²) in [6.45, 7) is 1.58. The Bertz CT molecular complexity index is 711. The van der Waals surface area contributed by atoms with Crippen molar-refractivity contribution in [1.82, 2.24) is 4.90 Å². The molecule has 1 heterocycles. The van der Waals surface area contributed by atoms with Gasteiger partial charge >= 0.3 is 5.97 Å². The number of esters is 1. The topological polar surface area (TPSA) is 87.5 Å². The quantitative estimate of drug-likeness (QED) is 0.619. The van der Waals surface area contributed by atoms with Crippen molar-refractivity contribution in [2.75, 3.05) is 0 Å². The molecule has 2 fully saturated rings. The summed E-state index contributed by atoms with van der Waals surface area (Å²) in [6, 6.07) is 7.80. The first-order valence-electron chi connectivity index (χ1n) is 8.55. The fraction of sp³-hybridized carbons (Fsp3) is 0.474. The Balaban J connectivity index is 1.62. The fourth-order valence-electron chi connectivity index (χ4n) is 3.63. The molecule has 1 saturated heterocycles. The molecule has 0 spiro atoms. The number of amides is 2. The third-order valence-electron chi connectivity index (χ3n) is 5.07. The second-order valence-corrected chi connectivity index (χ2v) is 6.64. The summed E-state index contributed by atoms with van der Waals surface area (Å²) in [5.74, 6) is -1.61. The average molecular weight is 340 g/mol. The molecular formula is C19H20N2O4. The Morgan fingerprint density at radius 3 is 2.28 bits per heavy atom. The highest BCUT2D eigenvalue weighted by molar-refractivity contribution is 6.07. The van der Waals surface area contributed by atoms with Crippen molar-refractivity contribution >= 4 is 17.8 Å². The fourth-order valence-corrected chi connectivity index (χ4v) is 3.63. The third kappa shape index (κ3) is 3.27. The van der Waals surface area contributed by atoms with Crippen LogP contribution in [0.25, 0.3) is 0 Å². The van der Waals surface area contributed by atoms with Crippen molar-refractivity contribution in [3.63, 3.8) is 0 Å². The maximum Gasteiger partial charge on any atom is 0.329 e. The monoisotopic (exact) mass is 340 g/mol. The summed E-state index contributed by atoms with van der Waals surface area (Å²) in [5.41, 5.74) is 1.27. The van der Waals surface area contributed by atoms with E-state index in [-0.39, 0.29) is 30.3 Å². The molecule has 1 aliphatic heterocycles. The van der Waals surface area contributed by atoms with Crippen molar-refractivity contribution in [2.45, 2.75) is 45.3 Å². The van der Waals surface area contributed by atoms with Crippen LogP contribution in [-0.4, -0.2) is 28.7 Å². The summed E-state index contributed by atoms with van der Waals surface area (Å²) in [5, 5.41) is 8.77. The molecule has 1 saturated carbocycles. The molecule has 1 aromatic rings. The van der Waals surface area contributed by atoms with Gasteiger partial charge < -0.3 is 4.74 Å². The predicted octanol–water partition coefficient (Wildman–Crippen LogP) is 2.17. The first-order chi connectivity index (χ1) is 12.0. The van der Waals surface area contributed by atoms with Gasteiger partial charge in [0.2, 0.25) is 11.8 Å². The van der Waals surface area contributed by atoms with Crippen LogP contribution in [0.5, 0.6) is 0 Å². The lowest BCUT2D eigenvalue weighted by molar-refractivity contribution is -0.159. The molecule has 6 heteroatoms. The highest BCUT2D eigenvalue weighted by Gasteiger charge is 2.51. The van der Waals surface area contributed by atoms with E-state index in [1.54, 1.807) is 24.3 Å². The Morgan fingerprint density at radius 2 is 1.76 bits per heavy atom. The van der Waals surface area contributed by atoms with Gasteiger partial charge in [-0.25, -0.2) is 4.79 Å². The van der Waals surface area contributed by atoms with Crippen LogP contribution >= 0.6 is 0 Å². The molecule has 3 rings (SSSR count). The molecule has 2 aliphatic rings. The van der Waals surface area contributed by atoms with Gasteiger partial charge in [0.25, 0.3) is 0 Å². The summed E-state index contributed by atoms with van der Waals surface area (Å²) in [4.78, 5) is 38.4. The van der Waals surface area contributed by atoms with E-state index in [4.69, 9.17) is 10.00 Å². The molecule has 1 aliphatic carbocycles. The molecule has 25 heavy (non-hydrogen) atoms. The Kier molecular flexibility index (Phi) is 4.84. The number of carbonyl (C=O) groups is 3. The van der Waals surface area contributed by atoms with Crippen LogP contribution in [0, 0.1) is 23.2 Å². The summed E-state index contributed by atoms with van der Waals surface area (Å²) in [6.07, 6.45) is 3.34. The maximum absolute atomic E-state index is 12.5. The smallest absolute Gasteiger partial charge is 0.329 e. The Labute approximate surface area is 146 Å². The number of imide groups is 1. The van der Waals surface area contributed by atoms with Gasteiger partial charge in [-0.05, 0) is 37.5 Å². The average Bonchev–Trinajstić information content (AvgIpc) is 2.90. The second-order valence-electron chi connectivity index (χ2n) is 6.64. The SMILES string of the molecule is C[C@@H](C(=O)OCc1ccc(C#N)cc1)N1C(=O)C2CCCCC2C1=O. The molecule has 130 valence electrons. The van der Waals surface area contributed by atoms with Gasteiger partial charge in [0.05, 0.1) is 23.5 Å². The molecule has 2 amide bonds. The van der Waals surface area contributed by atoms with E-state index in [9.17, 15) is 14.4 Å². The van der Waals surface area contributed by atoms with E-state index in [0.717, 1.165) is 36.1 Å². The van der Waals surface area contributed by atoms with Gasteiger partial charge in [0.1, 0.15) is 12.6 Å². The van der Waals surface area contributed by atoms with E-state index in [0.29, 0.717) is 5.56 Å². The lowest BCUT2D eigenvalue weighted by atomic mass is 9.81. The van der Waals surface area contributed by atoms with Gasteiger partial charge in [-0.3, -0.25) is 14.5 Å². The molecular weight excluding hydrogens is 320 g/mol. The lowest BCUT2D eigenvalue weighted by Crippen LogP contribution is -2.44. The number of hydrogen-bond donors (Lipinski definition) is 0. The van der Waals surface area contributed by atoms with Crippen molar-refractivity contribution in [3.05, 3.63) is 35.4 Å². The minimum Gasteiger partial charge on any atom is -0.459 e. The second kappa shape index (κ2) is 7.06. The lowest BCUT2D eigenvalue weighted by Gasteiger charge is -2.21. The van der Waals surface area contributed by atoms with Crippen LogP contribution in [0.2, 0.25) is 0 Å². The number of rotatable bonds is 4. The van der Waals surface area contributed by atoms with Gasteiger partial charge in [-0.1, -0.05) is 25.0 Å². The van der Waals surface area contributed by atoms with Gasteiger partial charge in [0, 0.05) is 0 Å². The first kappa shape index (κ1) is 17.2. The van der Waals surface area contributed by atoms with Crippen molar-refractivity contribution in [2.24, 2.45) is 11.8 Å². The zero-order valence-electron chi connectivity index (χ0n) is 14.1. The van der Waals surface area contributed by atoms with E-state index in [1.165, 1.54) is 6.92 Å². The third-order valence-corrected chi connectivity index (χ3v) is 5.07. The number of ether oxygens (including phenoxy) is 1. The number of nitriles is 1. The van der Waals surface area contributed by atoms with Crippen LogP contribution in [0.4, 0.5) is 0 Å².